The molecule has 5 heteroatoms. The number of imidazole rings is 1. The van der Waals surface area contributed by atoms with Crippen molar-refractivity contribution < 1.29 is 4.74 Å². The Labute approximate surface area is 107 Å². The molecule has 2 atom stereocenters. The summed E-state index contributed by atoms with van der Waals surface area (Å²) in [5, 5.41) is 0. The average Bonchev–Trinajstić information content (AvgIpc) is 2.96. The van der Waals surface area contributed by atoms with Crippen LogP contribution in [0, 0.1) is 0 Å². The second kappa shape index (κ2) is 4.96. The largest absolute Gasteiger partial charge is 0.373 e. The fourth-order valence-electron chi connectivity index (χ4n) is 2.84. The van der Waals surface area contributed by atoms with Crippen molar-refractivity contribution in [3.63, 3.8) is 0 Å². The molecular formula is C12H18ClN3O. The van der Waals surface area contributed by atoms with E-state index in [1.807, 2.05) is 12.5 Å². The Morgan fingerprint density at radius 3 is 3.35 bits per heavy atom. The van der Waals surface area contributed by atoms with Crippen molar-refractivity contribution in [2.45, 2.75) is 37.4 Å². The number of halogens is 1. The highest BCUT2D eigenvalue weighted by atomic mass is 35.5. The maximum absolute atomic E-state index is 5.93. The summed E-state index contributed by atoms with van der Waals surface area (Å²) in [6.07, 6.45) is 6.57. The van der Waals surface area contributed by atoms with Crippen molar-refractivity contribution in [3.8, 4) is 0 Å². The molecule has 2 saturated heterocycles. The number of rotatable bonds is 3. The molecule has 0 N–H and O–H groups in total. The van der Waals surface area contributed by atoms with E-state index in [2.05, 4.69) is 14.5 Å². The van der Waals surface area contributed by atoms with E-state index < -0.39 is 0 Å². The van der Waals surface area contributed by atoms with Crippen molar-refractivity contribution in [2.24, 2.45) is 0 Å². The van der Waals surface area contributed by atoms with E-state index in [-0.39, 0.29) is 6.10 Å². The number of hydrogen-bond acceptors (Lipinski definition) is 3. The fourth-order valence-corrected chi connectivity index (χ4v) is 3.06. The van der Waals surface area contributed by atoms with E-state index in [1.165, 1.54) is 19.4 Å². The molecule has 4 nitrogen and oxygen atoms in total. The van der Waals surface area contributed by atoms with E-state index in [1.54, 1.807) is 0 Å². The molecule has 0 radical (unpaired) electrons. The van der Waals surface area contributed by atoms with E-state index in [9.17, 15) is 0 Å². The van der Waals surface area contributed by atoms with Crippen LogP contribution in [0.4, 0.5) is 0 Å². The molecule has 2 unspecified atom stereocenters. The van der Waals surface area contributed by atoms with Crippen LogP contribution < -0.4 is 0 Å². The summed E-state index contributed by atoms with van der Waals surface area (Å²) in [6, 6.07) is 0.668. The molecule has 1 aromatic heterocycles. The van der Waals surface area contributed by atoms with Crippen LogP contribution in [0.1, 0.15) is 18.5 Å². The highest BCUT2D eigenvalue weighted by molar-refractivity contribution is 6.16. The third-order valence-corrected chi connectivity index (χ3v) is 4.07. The topological polar surface area (TPSA) is 30.3 Å². The van der Waals surface area contributed by atoms with Crippen LogP contribution in [0.2, 0.25) is 0 Å². The molecule has 1 aromatic rings. The summed E-state index contributed by atoms with van der Waals surface area (Å²) >= 11 is 5.87. The number of aromatic nitrogens is 2. The van der Waals surface area contributed by atoms with Crippen molar-refractivity contribution in [1.29, 1.82) is 0 Å². The van der Waals surface area contributed by atoms with Crippen molar-refractivity contribution >= 4 is 11.6 Å². The van der Waals surface area contributed by atoms with Crippen LogP contribution in [0.5, 0.6) is 0 Å². The Bertz CT molecular complexity index is 382. The smallest absolute Gasteiger partial charge is 0.0949 e. The number of morpholine rings is 1. The zero-order valence-corrected chi connectivity index (χ0v) is 10.6. The quantitative estimate of drug-likeness (QED) is 0.767. The highest BCUT2D eigenvalue weighted by Gasteiger charge is 2.32. The molecule has 94 valence electrons. The standard InChI is InChI=1S/C12H18ClN3O/c13-4-11-5-14-9-16(11)7-12-6-15-3-1-2-10(15)8-17-12/h5,9-10,12H,1-4,6-8H2. The van der Waals surface area contributed by atoms with Gasteiger partial charge in [-0.2, -0.15) is 0 Å². The summed E-state index contributed by atoms with van der Waals surface area (Å²) in [5.41, 5.74) is 1.07. The first-order valence-corrected chi connectivity index (χ1v) is 6.81. The molecule has 3 rings (SSSR count). The molecule has 0 amide bonds. The second-order valence-corrected chi connectivity index (χ2v) is 5.18. The Morgan fingerprint density at radius 1 is 1.53 bits per heavy atom. The minimum absolute atomic E-state index is 0.278. The summed E-state index contributed by atoms with van der Waals surface area (Å²) < 4.78 is 8.04. The second-order valence-electron chi connectivity index (χ2n) is 4.92. The lowest BCUT2D eigenvalue weighted by Gasteiger charge is -2.35. The lowest BCUT2D eigenvalue weighted by molar-refractivity contribution is -0.0553. The predicted molar refractivity (Wildman–Crippen MR) is 66.1 cm³/mol. The Balaban J connectivity index is 1.62. The molecule has 0 aliphatic carbocycles. The van der Waals surface area contributed by atoms with E-state index in [0.717, 1.165) is 25.4 Å². The third kappa shape index (κ3) is 2.34. The monoisotopic (exact) mass is 255 g/mol. The molecule has 2 aliphatic heterocycles. The van der Waals surface area contributed by atoms with Gasteiger partial charge in [0.1, 0.15) is 0 Å². The average molecular weight is 256 g/mol. The van der Waals surface area contributed by atoms with Gasteiger partial charge in [0.2, 0.25) is 0 Å². The van der Waals surface area contributed by atoms with Crippen LogP contribution in [0.3, 0.4) is 0 Å². The van der Waals surface area contributed by atoms with E-state index >= 15 is 0 Å². The summed E-state index contributed by atoms with van der Waals surface area (Å²) in [7, 11) is 0. The molecule has 0 saturated carbocycles. The maximum Gasteiger partial charge on any atom is 0.0949 e. The maximum atomic E-state index is 5.93. The molecular weight excluding hydrogens is 238 g/mol. The summed E-state index contributed by atoms with van der Waals surface area (Å²) in [5.74, 6) is 0.513. The van der Waals surface area contributed by atoms with Gasteiger partial charge >= 0.3 is 0 Å². The van der Waals surface area contributed by atoms with Gasteiger partial charge in [-0.1, -0.05) is 0 Å². The fraction of sp³-hybridized carbons (Fsp3) is 0.750. The molecule has 0 aromatic carbocycles. The normalized spacial score (nSPS) is 29.5. The van der Waals surface area contributed by atoms with Gasteiger partial charge in [0.25, 0.3) is 0 Å². The van der Waals surface area contributed by atoms with Gasteiger partial charge < -0.3 is 9.30 Å². The molecule has 17 heavy (non-hydrogen) atoms. The molecule has 3 heterocycles. The van der Waals surface area contributed by atoms with E-state index in [0.29, 0.717) is 11.9 Å². The molecule has 0 spiro atoms. The number of nitrogens with zero attached hydrogens (tertiary/aromatic N) is 3. The first-order chi connectivity index (χ1) is 8.36. The highest BCUT2D eigenvalue weighted by Crippen LogP contribution is 2.23. The van der Waals surface area contributed by atoms with Gasteiger partial charge in [0.05, 0.1) is 37.2 Å². The predicted octanol–water partition coefficient (Wildman–Crippen LogP) is 1.49. The molecule has 0 bridgehead atoms. The van der Waals surface area contributed by atoms with Gasteiger partial charge in [0.15, 0.2) is 0 Å². The van der Waals surface area contributed by atoms with Crippen LogP contribution in [0.15, 0.2) is 12.5 Å². The van der Waals surface area contributed by atoms with Crippen LogP contribution in [-0.4, -0.2) is 46.3 Å². The number of fused-ring (bicyclic) bond motifs is 1. The number of alkyl halides is 1. The van der Waals surface area contributed by atoms with E-state index in [4.69, 9.17) is 16.3 Å². The Morgan fingerprint density at radius 2 is 2.47 bits per heavy atom. The SMILES string of the molecule is ClCc1cncn1CC1CN2CCCC2CO1. The molecule has 2 fully saturated rings. The zero-order chi connectivity index (χ0) is 11.7. The van der Waals surface area contributed by atoms with Crippen molar-refractivity contribution in [2.75, 3.05) is 19.7 Å². The van der Waals surface area contributed by atoms with Gasteiger partial charge in [0, 0.05) is 18.8 Å². The zero-order valence-electron chi connectivity index (χ0n) is 9.89. The van der Waals surface area contributed by atoms with Gasteiger partial charge in [-0.15, -0.1) is 11.6 Å². The first kappa shape index (κ1) is 11.5. The summed E-state index contributed by atoms with van der Waals surface area (Å²) in [6.45, 7) is 4.03. The Hall–Kier alpha value is -0.580. The van der Waals surface area contributed by atoms with Crippen LogP contribution in [-0.2, 0) is 17.2 Å². The lowest BCUT2D eigenvalue weighted by Crippen LogP contribution is -2.47. The first-order valence-electron chi connectivity index (χ1n) is 6.27. The molecule has 2 aliphatic rings. The van der Waals surface area contributed by atoms with Crippen molar-refractivity contribution in [1.82, 2.24) is 14.5 Å². The minimum Gasteiger partial charge on any atom is -0.373 e. The number of ether oxygens (including phenoxy) is 1. The van der Waals surface area contributed by atoms with Crippen LogP contribution in [0.25, 0.3) is 0 Å². The number of hydrogen-bond donors (Lipinski definition) is 0. The Kier molecular flexibility index (Phi) is 3.36. The van der Waals surface area contributed by atoms with Gasteiger partial charge in [-0.05, 0) is 19.4 Å². The lowest BCUT2D eigenvalue weighted by atomic mass is 10.2. The summed E-state index contributed by atoms with van der Waals surface area (Å²) in [4.78, 5) is 6.70. The third-order valence-electron chi connectivity index (χ3n) is 3.80. The minimum atomic E-state index is 0.278. The van der Waals surface area contributed by atoms with Gasteiger partial charge in [-0.25, -0.2) is 4.98 Å². The van der Waals surface area contributed by atoms with Gasteiger partial charge in [-0.3, -0.25) is 4.90 Å². The van der Waals surface area contributed by atoms with Crippen molar-refractivity contribution in [3.05, 3.63) is 18.2 Å². The van der Waals surface area contributed by atoms with Crippen LogP contribution >= 0.6 is 11.6 Å².